The molecule has 4 heteroatoms. The topological polar surface area (TPSA) is 40.6 Å². The number of hydrogen-bond donors (Lipinski definition) is 0. The molecule has 1 heterocycles. The SMILES string of the molecule is C[C@@H]1CN(C(=O)c2ccccc2)CCN1C(=O)c1ccccc1. The van der Waals surface area contributed by atoms with E-state index in [1.165, 1.54) is 0 Å². The molecule has 1 fully saturated rings. The third kappa shape index (κ3) is 3.26. The lowest BCUT2D eigenvalue weighted by Gasteiger charge is -2.40. The van der Waals surface area contributed by atoms with Crippen molar-refractivity contribution in [3.63, 3.8) is 0 Å². The Bertz CT molecular complexity index is 685. The minimum absolute atomic E-state index is 0.00381. The molecule has 0 spiro atoms. The highest BCUT2D eigenvalue weighted by Gasteiger charge is 2.30. The van der Waals surface area contributed by atoms with Gasteiger partial charge in [-0.1, -0.05) is 36.4 Å². The van der Waals surface area contributed by atoms with Crippen LogP contribution in [0, 0.1) is 0 Å². The maximum atomic E-state index is 12.6. The standard InChI is InChI=1S/C19H20N2O2/c1-15-14-20(18(22)16-8-4-2-5-9-16)12-13-21(15)19(23)17-10-6-3-7-11-17/h2-11,15H,12-14H2,1H3/t15-/m1/s1. The molecule has 0 N–H and O–H groups in total. The molecule has 23 heavy (non-hydrogen) atoms. The molecule has 2 aromatic carbocycles. The highest BCUT2D eigenvalue weighted by molar-refractivity contribution is 5.96. The van der Waals surface area contributed by atoms with Gasteiger partial charge in [0.25, 0.3) is 11.8 Å². The zero-order valence-electron chi connectivity index (χ0n) is 13.2. The highest BCUT2D eigenvalue weighted by Crippen LogP contribution is 2.16. The van der Waals surface area contributed by atoms with Crippen molar-refractivity contribution in [3.05, 3.63) is 71.8 Å². The number of carbonyl (C=O) groups excluding carboxylic acids is 2. The second-order valence-corrected chi connectivity index (χ2v) is 5.83. The fraction of sp³-hybridized carbons (Fsp3) is 0.263. The Labute approximate surface area is 136 Å². The molecule has 118 valence electrons. The van der Waals surface area contributed by atoms with Crippen molar-refractivity contribution in [1.29, 1.82) is 0 Å². The van der Waals surface area contributed by atoms with Crippen LogP contribution in [-0.2, 0) is 0 Å². The molecule has 0 saturated carbocycles. The average molecular weight is 308 g/mol. The maximum Gasteiger partial charge on any atom is 0.254 e. The van der Waals surface area contributed by atoms with E-state index in [-0.39, 0.29) is 17.9 Å². The fourth-order valence-corrected chi connectivity index (χ4v) is 2.95. The molecule has 4 nitrogen and oxygen atoms in total. The number of piperazine rings is 1. The van der Waals surface area contributed by atoms with Crippen molar-refractivity contribution in [1.82, 2.24) is 9.80 Å². The van der Waals surface area contributed by atoms with Gasteiger partial charge in [0.2, 0.25) is 0 Å². The summed E-state index contributed by atoms with van der Waals surface area (Å²) in [6.45, 7) is 3.68. The van der Waals surface area contributed by atoms with E-state index < -0.39 is 0 Å². The molecule has 0 radical (unpaired) electrons. The van der Waals surface area contributed by atoms with Gasteiger partial charge in [-0.25, -0.2) is 0 Å². The van der Waals surface area contributed by atoms with Crippen molar-refractivity contribution >= 4 is 11.8 Å². The van der Waals surface area contributed by atoms with Crippen molar-refractivity contribution in [2.24, 2.45) is 0 Å². The summed E-state index contributed by atoms with van der Waals surface area (Å²) in [5.74, 6) is 0.0640. The van der Waals surface area contributed by atoms with Crippen LogP contribution >= 0.6 is 0 Å². The summed E-state index contributed by atoms with van der Waals surface area (Å²) in [5, 5.41) is 0. The van der Waals surface area contributed by atoms with Gasteiger partial charge in [0.15, 0.2) is 0 Å². The Morgan fingerprint density at radius 3 is 1.87 bits per heavy atom. The van der Waals surface area contributed by atoms with Crippen LogP contribution < -0.4 is 0 Å². The monoisotopic (exact) mass is 308 g/mol. The van der Waals surface area contributed by atoms with Crippen molar-refractivity contribution in [2.45, 2.75) is 13.0 Å². The summed E-state index contributed by atoms with van der Waals surface area (Å²) in [6, 6.07) is 18.6. The first-order chi connectivity index (χ1) is 11.2. The van der Waals surface area contributed by atoms with E-state index in [1.807, 2.05) is 77.4 Å². The predicted molar refractivity (Wildman–Crippen MR) is 89.3 cm³/mol. The van der Waals surface area contributed by atoms with Gasteiger partial charge in [-0.15, -0.1) is 0 Å². The third-order valence-corrected chi connectivity index (χ3v) is 4.22. The molecular weight excluding hydrogens is 288 g/mol. The van der Waals surface area contributed by atoms with Crippen LogP contribution in [0.3, 0.4) is 0 Å². The molecule has 1 aliphatic rings. The molecule has 3 rings (SSSR count). The Morgan fingerprint density at radius 1 is 0.826 bits per heavy atom. The first-order valence-electron chi connectivity index (χ1n) is 7.87. The van der Waals surface area contributed by atoms with Crippen molar-refractivity contribution < 1.29 is 9.59 Å². The van der Waals surface area contributed by atoms with E-state index in [1.54, 1.807) is 0 Å². The van der Waals surface area contributed by atoms with E-state index >= 15 is 0 Å². The van der Waals surface area contributed by atoms with Gasteiger partial charge in [0.1, 0.15) is 0 Å². The maximum absolute atomic E-state index is 12.6. The quantitative estimate of drug-likeness (QED) is 0.856. The predicted octanol–water partition coefficient (Wildman–Crippen LogP) is 2.67. The van der Waals surface area contributed by atoms with Gasteiger partial charge in [-0.05, 0) is 31.2 Å². The van der Waals surface area contributed by atoms with Crippen LogP contribution in [0.4, 0.5) is 0 Å². The summed E-state index contributed by atoms with van der Waals surface area (Å²) in [6.07, 6.45) is 0. The molecule has 1 atom stereocenters. The largest absolute Gasteiger partial charge is 0.335 e. The fourth-order valence-electron chi connectivity index (χ4n) is 2.95. The average Bonchev–Trinajstić information content (AvgIpc) is 2.62. The van der Waals surface area contributed by atoms with E-state index in [4.69, 9.17) is 0 Å². The molecule has 2 amide bonds. The number of nitrogens with zero attached hydrogens (tertiary/aromatic N) is 2. The Hall–Kier alpha value is -2.62. The summed E-state index contributed by atoms with van der Waals surface area (Å²) < 4.78 is 0. The molecular formula is C19H20N2O2. The Kier molecular flexibility index (Phi) is 4.42. The van der Waals surface area contributed by atoms with Crippen LogP contribution in [0.5, 0.6) is 0 Å². The second kappa shape index (κ2) is 6.65. The second-order valence-electron chi connectivity index (χ2n) is 5.83. The summed E-state index contributed by atoms with van der Waals surface area (Å²) in [4.78, 5) is 28.8. The number of hydrogen-bond acceptors (Lipinski definition) is 2. The van der Waals surface area contributed by atoms with Gasteiger partial charge < -0.3 is 9.80 Å². The van der Waals surface area contributed by atoms with Gasteiger partial charge in [-0.2, -0.15) is 0 Å². The van der Waals surface area contributed by atoms with E-state index in [0.717, 1.165) is 0 Å². The lowest BCUT2D eigenvalue weighted by Crippen LogP contribution is -2.55. The van der Waals surface area contributed by atoms with Crippen LogP contribution in [0.25, 0.3) is 0 Å². The van der Waals surface area contributed by atoms with Gasteiger partial charge in [0.05, 0.1) is 0 Å². The first-order valence-corrected chi connectivity index (χ1v) is 7.87. The van der Waals surface area contributed by atoms with Crippen LogP contribution in [0.2, 0.25) is 0 Å². The van der Waals surface area contributed by atoms with Crippen LogP contribution in [0.1, 0.15) is 27.6 Å². The molecule has 0 aliphatic carbocycles. The normalized spacial score (nSPS) is 17.9. The molecule has 0 aromatic heterocycles. The highest BCUT2D eigenvalue weighted by atomic mass is 16.2. The number of carbonyl (C=O) groups is 2. The molecule has 1 aliphatic heterocycles. The lowest BCUT2D eigenvalue weighted by atomic mass is 10.1. The summed E-state index contributed by atoms with van der Waals surface area (Å²) in [5.41, 5.74) is 1.39. The molecule has 2 aromatic rings. The van der Waals surface area contributed by atoms with Crippen LogP contribution in [-0.4, -0.2) is 47.3 Å². The third-order valence-electron chi connectivity index (χ3n) is 4.22. The minimum atomic E-state index is 0.00381. The zero-order valence-corrected chi connectivity index (χ0v) is 13.2. The van der Waals surface area contributed by atoms with Gasteiger partial charge in [-0.3, -0.25) is 9.59 Å². The minimum Gasteiger partial charge on any atom is -0.335 e. The molecule has 1 saturated heterocycles. The first kappa shape index (κ1) is 15.3. The zero-order chi connectivity index (χ0) is 16.2. The number of rotatable bonds is 2. The van der Waals surface area contributed by atoms with Crippen molar-refractivity contribution in [3.8, 4) is 0 Å². The smallest absolute Gasteiger partial charge is 0.254 e. The summed E-state index contributed by atoms with van der Waals surface area (Å²) in [7, 11) is 0. The number of benzene rings is 2. The Morgan fingerprint density at radius 2 is 1.35 bits per heavy atom. The van der Waals surface area contributed by atoms with E-state index in [0.29, 0.717) is 30.8 Å². The van der Waals surface area contributed by atoms with E-state index in [9.17, 15) is 9.59 Å². The number of amides is 2. The Balaban J connectivity index is 1.68. The van der Waals surface area contributed by atoms with E-state index in [2.05, 4.69) is 0 Å². The lowest BCUT2D eigenvalue weighted by molar-refractivity contribution is 0.0414. The van der Waals surface area contributed by atoms with Crippen LogP contribution in [0.15, 0.2) is 60.7 Å². The molecule has 0 bridgehead atoms. The van der Waals surface area contributed by atoms with Gasteiger partial charge in [0, 0.05) is 36.8 Å². The summed E-state index contributed by atoms with van der Waals surface area (Å²) >= 11 is 0. The molecule has 0 unspecified atom stereocenters. The van der Waals surface area contributed by atoms with Gasteiger partial charge >= 0.3 is 0 Å². The van der Waals surface area contributed by atoms with Crippen molar-refractivity contribution in [2.75, 3.05) is 19.6 Å².